The molecule has 3 aromatic rings. The Bertz CT molecular complexity index is 982. The van der Waals surface area contributed by atoms with Gasteiger partial charge >= 0.3 is 0 Å². The fraction of sp³-hybridized carbons (Fsp3) is 0.474. The van der Waals surface area contributed by atoms with Gasteiger partial charge in [-0.05, 0) is 39.0 Å². The van der Waals surface area contributed by atoms with Gasteiger partial charge in [-0.1, -0.05) is 24.6 Å². The second kappa shape index (κ2) is 7.33. The summed E-state index contributed by atoms with van der Waals surface area (Å²) in [5.41, 5.74) is 3.36. The molecule has 0 atom stereocenters. The van der Waals surface area contributed by atoms with E-state index in [-0.39, 0.29) is 12.1 Å². The van der Waals surface area contributed by atoms with Gasteiger partial charge in [0.15, 0.2) is 5.16 Å². The predicted molar refractivity (Wildman–Crippen MR) is 112 cm³/mol. The van der Waals surface area contributed by atoms with E-state index >= 15 is 0 Å². The zero-order chi connectivity index (χ0) is 19.0. The van der Waals surface area contributed by atoms with Crippen LogP contribution in [0.5, 0.6) is 0 Å². The van der Waals surface area contributed by atoms with Crippen LogP contribution in [0.1, 0.15) is 37.1 Å². The third-order valence-electron chi connectivity index (χ3n) is 5.20. The molecule has 27 heavy (non-hydrogen) atoms. The SMILES string of the molecule is CSc1nc(C)c(-c2nc3c(C)nccc3s2)c(NC2(CO)CCCC2)n1. The third kappa shape index (κ3) is 3.41. The summed E-state index contributed by atoms with van der Waals surface area (Å²) in [6, 6.07) is 2.00. The number of rotatable bonds is 5. The van der Waals surface area contributed by atoms with E-state index in [9.17, 15) is 5.11 Å². The molecule has 3 heterocycles. The van der Waals surface area contributed by atoms with E-state index < -0.39 is 0 Å². The Kier molecular flexibility index (Phi) is 5.05. The van der Waals surface area contributed by atoms with Crippen molar-refractivity contribution in [1.29, 1.82) is 0 Å². The highest BCUT2D eigenvalue weighted by Crippen LogP contribution is 2.40. The highest BCUT2D eigenvalue weighted by Gasteiger charge is 2.35. The van der Waals surface area contributed by atoms with Crippen molar-refractivity contribution in [2.45, 2.75) is 50.2 Å². The Labute approximate surface area is 166 Å². The molecule has 0 unspecified atom stereocenters. The lowest BCUT2D eigenvalue weighted by atomic mass is 9.98. The maximum absolute atomic E-state index is 10.1. The zero-order valence-electron chi connectivity index (χ0n) is 15.7. The van der Waals surface area contributed by atoms with Crippen LogP contribution < -0.4 is 5.32 Å². The van der Waals surface area contributed by atoms with E-state index in [1.807, 2.05) is 32.4 Å². The van der Waals surface area contributed by atoms with E-state index in [1.165, 1.54) is 11.8 Å². The van der Waals surface area contributed by atoms with Gasteiger partial charge in [0.25, 0.3) is 0 Å². The molecule has 1 aliphatic carbocycles. The zero-order valence-corrected chi connectivity index (χ0v) is 17.4. The number of fused-ring (bicyclic) bond motifs is 1. The van der Waals surface area contributed by atoms with Crippen LogP contribution in [0.2, 0.25) is 0 Å². The van der Waals surface area contributed by atoms with E-state index in [1.54, 1.807) is 11.3 Å². The molecular weight excluding hydrogens is 378 g/mol. The number of hydrogen-bond donors (Lipinski definition) is 2. The van der Waals surface area contributed by atoms with Gasteiger partial charge in [-0.2, -0.15) is 0 Å². The minimum absolute atomic E-state index is 0.104. The largest absolute Gasteiger partial charge is 0.394 e. The number of aliphatic hydroxyl groups is 1. The number of anilines is 1. The smallest absolute Gasteiger partial charge is 0.189 e. The second-order valence-electron chi connectivity index (χ2n) is 7.05. The molecule has 0 radical (unpaired) electrons. The summed E-state index contributed by atoms with van der Waals surface area (Å²) in [5, 5.41) is 15.3. The highest BCUT2D eigenvalue weighted by atomic mass is 32.2. The number of aryl methyl sites for hydroxylation is 2. The standard InChI is InChI=1S/C19H23N5OS2/c1-11-14(17-22-15-12(2)20-9-6-13(15)27-17)16(23-18(21-11)26-3)24-19(10-25)7-4-5-8-19/h6,9,25H,4-5,7-8,10H2,1-3H3,(H,21,23,24). The number of aliphatic hydroxyl groups excluding tert-OH is 1. The monoisotopic (exact) mass is 401 g/mol. The first-order valence-electron chi connectivity index (χ1n) is 9.09. The Morgan fingerprint density at radius 3 is 2.63 bits per heavy atom. The van der Waals surface area contributed by atoms with Crippen LogP contribution in [0.25, 0.3) is 20.8 Å². The van der Waals surface area contributed by atoms with Crippen molar-refractivity contribution in [3.05, 3.63) is 23.7 Å². The number of aromatic nitrogens is 4. The Morgan fingerprint density at radius 2 is 1.96 bits per heavy atom. The maximum atomic E-state index is 10.1. The maximum Gasteiger partial charge on any atom is 0.189 e. The molecular formula is C19H23N5OS2. The molecule has 6 nitrogen and oxygen atoms in total. The molecule has 0 bridgehead atoms. The van der Waals surface area contributed by atoms with Crippen molar-refractivity contribution in [2.75, 3.05) is 18.2 Å². The molecule has 0 amide bonds. The highest BCUT2D eigenvalue weighted by molar-refractivity contribution is 7.98. The minimum Gasteiger partial charge on any atom is -0.394 e. The van der Waals surface area contributed by atoms with Crippen LogP contribution in [-0.2, 0) is 0 Å². The quantitative estimate of drug-likeness (QED) is 0.489. The molecule has 1 aliphatic rings. The van der Waals surface area contributed by atoms with Crippen molar-refractivity contribution in [2.24, 2.45) is 0 Å². The summed E-state index contributed by atoms with van der Waals surface area (Å²) in [6.45, 7) is 4.08. The lowest BCUT2D eigenvalue weighted by Gasteiger charge is -2.29. The molecule has 1 fully saturated rings. The summed E-state index contributed by atoms with van der Waals surface area (Å²) in [4.78, 5) is 18.6. The molecule has 0 spiro atoms. The van der Waals surface area contributed by atoms with Gasteiger partial charge < -0.3 is 10.4 Å². The average molecular weight is 402 g/mol. The van der Waals surface area contributed by atoms with Crippen LogP contribution >= 0.6 is 23.1 Å². The van der Waals surface area contributed by atoms with Crippen LogP contribution in [0.4, 0.5) is 5.82 Å². The topological polar surface area (TPSA) is 83.8 Å². The summed E-state index contributed by atoms with van der Waals surface area (Å²) < 4.78 is 1.11. The van der Waals surface area contributed by atoms with Crippen molar-refractivity contribution in [3.63, 3.8) is 0 Å². The molecule has 8 heteroatoms. The first-order chi connectivity index (χ1) is 13.0. The molecule has 142 valence electrons. The first-order valence-corrected chi connectivity index (χ1v) is 11.1. The lowest BCUT2D eigenvalue weighted by molar-refractivity contribution is 0.214. The summed E-state index contributed by atoms with van der Waals surface area (Å²) in [6.07, 6.45) is 7.93. The molecule has 0 aliphatic heterocycles. The first kappa shape index (κ1) is 18.6. The van der Waals surface area contributed by atoms with Crippen molar-refractivity contribution in [1.82, 2.24) is 19.9 Å². The number of nitrogens with one attached hydrogen (secondary N) is 1. The number of pyridine rings is 1. The van der Waals surface area contributed by atoms with Gasteiger partial charge in [-0.3, -0.25) is 4.98 Å². The van der Waals surface area contributed by atoms with Crippen molar-refractivity contribution < 1.29 is 5.11 Å². The fourth-order valence-corrected chi connectivity index (χ4v) is 5.22. The Morgan fingerprint density at radius 1 is 1.19 bits per heavy atom. The predicted octanol–water partition coefficient (Wildman–Crippen LogP) is 4.20. The Hall–Kier alpha value is -1.77. The van der Waals surface area contributed by atoms with Gasteiger partial charge in [0, 0.05) is 6.20 Å². The van der Waals surface area contributed by atoms with Crippen molar-refractivity contribution in [3.8, 4) is 10.6 Å². The van der Waals surface area contributed by atoms with E-state index in [0.717, 1.165) is 68.8 Å². The van der Waals surface area contributed by atoms with Crippen LogP contribution in [0.3, 0.4) is 0 Å². The molecule has 4 rings (SSSR count). The normalized spacial score (nSPS) is 16.1. The van der Waals surface area contributed by atoms with E-state index in [0.29, 0.717) is 0 Å². The molecule has 2 N–H and O–H groups in total. The molecule has 0 aromatic carbocycles. The van der Waals surface area contributed by atoms with Crippen LogP contribution in [-0.4, -0.2) is 43.4 Å². The van der Waals surface area contributed by atoms with Crippen molar-refractivity contribution >= 4 is 39.1 Å². The average Bonchev–Trinajstić information content (AvgIpc) is 3.29. The van der Waals surface area contributed by atoms with E-state index in [4.69, 9.17) is 9.97 Å². The lowest BCUT2D eigenvalue weighted by Crippen LogP contribution is -2.39. The van der Waals surface area contributed by atoms with Gasteiger partial charge in [-0.25, -0.2) is 15.0 Å². The number of thioether (sulfide) groups is 1. The summed E-state index contributed by atoms with van der Waals surface area (Å²) in [5.74, 6) is 0.771. The minimum atomic E-state index is -0.306. The van der Waals surface area contributed by atoms with Crippen LogP contribution in [0, 0.1) is 13.8 Å². The molecule has 3 aromatic heterocycles. The second-order valence-corrected chi connectivity index (χ2v) is 8.86. The van der Waals surface area contributed by atoms with Gasteiger partial charge in [0.2, 0.25) is 0 Å². The van der Waals surface area contributed by atoms with Gasteiger partial charge in [0.05, 0.1) is 33.8 Å². The molecule has 1 saturated carbocycles. The third-order valence-corrected chi connectivity index (χ3v) is 6.79. The number of hydrogen-bond acceptors (Lipinski definition) is 8. The Balaban J connectivity index is 1.86. The van der Waals surface area contributed by atoms with E-state index in [2.05, 4.69) is 15.3 Å². The summed E-state index contributed by atoms with van der Waals surface area (Å²) in [7, 11) is 0. The van der Waals surface area contributed by atoms with Crippen LogP contribution in [0.15, 0.2) is 17.4 Å². The fourth-order valence-electron chi connectivity index (χ4n) is 3.70. The number of nitrogens with zero attached hydrogens (tertiary/aromatic N) is 4. The number of thiazole rings is 1. The van der Waals surface area contributed by atoms with Gasteiger partial charge in [-0.15, -0.1) is 11.3 Å². The van der Waals surface area contributed by atoms with Gasteiger partial charge in [0.1, 0.15) is 16.3 Å². The molecule has 0 saturated heterocycles. The summed E-state index contributed by atoms with van der Waals surface area (Å²) >= 11 is 3.15.